The molecule has 0 bridgehead atoms. The first-order valence-electron chi connectivity index (χ1n) is 7.10. The fourth-order valence-corrected chi connectivity index (χ4v) is 3.36. The Kier molecular flexibility index (Phi) is 5.91. The van der Waals surface area contributed by atoms with Crippen LogP contribution in [-0.4, -0.2) is 17.8 Å². The zero-order valence-corrected chi connectivity index (χ0v) is 12.3. The predicted molar refractivity (Wildman–Crippen MR) is 79.1 cm³/mol. The van der Waals surface area contributed by atoms with Crippen molar-refractivity contribution in [2.24, 2.45) is 5.92 Å². The van der Waals surface area contributed by atoms with Crippen LogP contribution in [0.3, 0.4) is 0 Å². The number of rotatable bonds is 4. The molecule has 1 N–H and O–H groups in total. The van der Waals surface area contributed by atoms with Crippen molar-refractivity contribution in [3.63, 3.8) is 0 Å². The van der Waals surface area contributed by atoms with Gasteiger partial charge in [-0.2, -0.15) is 0 Å². The summed E-state index contributed by atoms with van der Waals surface area (Å²) in [5.74, 6) is 6.45. The van der Waals surface area contributed by atoms with E-state index < -0.39 is 0 Å². The lowest BCUT2D eigenvalue weighted by Gasteiger charge is -2.28. The average molecular weight is 278 g/mol. The third kappa shape index (κ3) is 4.65. The van der Waals surface area contributed by atoms with Gasteiger partial charge >= 0.3 is 0 Å². The van der Waals surface area contributed by atoms with Gasteiger partial charge < -0.3 is 9.84 Å². The van der Waals surface area contributed by atoms with Crippen molar-refractivity contribution in [3.05, 3.63) is 21.9 Å². The van der Waals surface area contributed by atoms with Crippen LogP contribution in [-0.2, 0) is 11.3 Å². The van der Waals surface area contributed by atoms with E-state index in [9.17, 15) is 0 Å². The summed E-state index contributed by atoms with van der Waals surface area (Å²) in [7, 11) is 0. The minimum Gasteiger partial charge on any atom is -0.384 e. The Morgan fingerprint density at radius 1 is 1.47 bits per heavy atom. The lowest BCUT2D eigenvalue weighted by Crippen LogP contribution is -2.22. The van der Waals surface area contributed by atoms with Crippen LogP contribution in [0.15, 0.2) is 11.4 Å². The molecule has 0 spiro atoms. The molecule has 3 heteroatoms. The van der Waals surface area contributed by atoms with Crippen molar-refractivity contribution in [2.45, 2.75) is 51.7 Å². The van der Waals surface area contributed by atoms with Crippen molar-refractivity contribution in [2.75, 3.05) is 6.61 Å². The molecular weight excluding hydrogens is 256 g/mol. The Bertz CT molecular complexity index is 441. The van der Waals surface area contributed by atoms with Crippen LogP contribution in [0, 0.1) is 17.8 Å². The van der Waals surface area contributed by atoms with Gasteiger partial charge in [-0.15, -0.1) is 11.3 Å². The second-order valence-corrected chi connectivity index (χ2v) is 6.13. The molecule has 1 aromatic heterocycles. The van der Waals surface area contributed by atoms with Crippen molar-refractivity contribution in [1.82, 2.24) is 0 Å². The molecule has 1 aromatic rings. The lowest BCUT2D eigenvalue weighted by molar-refractivity contribution is 0.00297. The molecule has 0 aliphatic heterocycles. The topological polar surface area (TPSA) is 29.5 Å². The van der Waals surface area contributed by atoms with Gasteiger partial charge in [0.15, 0.2) is 0 Å². The maximum atomic E-state index is 8.66. The highest BCUT2D eigenvalue weighted by Gasteiger charge is 2.21. The fourth-order valence-electron chi connectivity index (χ4n) is 2.63. The van der Waals surface area contributed by atoms with Crippen LogP contribution < -0.4 is 0 Å². The molecule has 1 fully saturated rings. The smallest absolute Gasteiger partial charge is 0.104 e. The molecule has 0 amide bonds. The van der Waals surface area contributed by atoms with Crippen LogP contribution >= 0.6 is 11.3 Å². The van der Waals surface area contributed by atoms with Gasteiger partial charge in [0.05, 0.1) is 12.7 Å². The molecule has 2 nitrogen and oxygen atoms in total. The molecule has 2 atom stereocenters. The van der Waals surface area contributed by atoms with E-state index in [2.05, 4.69) is 24.8 Å². The summed E-state index contributed by atoms with van der Waals surface area (Å²) in [5.41, 5.74) is 0.979. The highest BCUT2D eigenvalue weighted by Crippen LogP contribution is 2.29. The molecule has 0 saturated heterocycles. The standard InChI is InChI=1S/C16H22O2S/c1-2-13-5-3-7-15(9-13)18-11-16-10-14(12-19-16)6-4-8-17/h10,12-13,15,17H,2-3,5,7-9,11H2,1H3. The highest BCUT2D eigenvalue weighted by atomic mass is 32.1. The van der Waals surface area contributed by atoms with Crippen molar-refractivity contribution in [1.29, 1.82) is 0 Å². The quantitative estimate of drug-likeness (QED) is 0.853. The van der Waals surface area contributed by atoms with E-state index in [0.29, 0.717) is 12.7 Å². The van der Waals surface area contributed by atoms with Crippen molar-refractivity contribution in [3.8, 4) is 11.8 Å². The Morgan fingerprint density at radius 3 is 3.16 bits per heavy atom. The molecule has 0 radical (unpaired) electrons. The lowest BCUT2D eigenvalue weighted by atomic mass is 9.85. The molecular formula is C16H22O2S. The van der Waals surface area contributed by atoms with Gasteiger partial charge in [0.1, 0.15) is 6.61 Å². The second kappa shape index (κ2) is 7.69. The Morgan fingerprint density at radius 2 is 2.37 bits per heavy atom. The Hall–Kier alpha value is -0.820. The Labute approximate surface area is 119 Å². The number of thiophene rings is 1. The predicted octanol–water partition coefficient (Wildman–Crippen LogP) is 3.58. The first-order chi connectivity index (χ1) is 9.31. The van der Waals surface area contributed by atoms with E-state index in [4.69, 9.17) is 9.84 Å². The minimum atomic E-state index is -0.0812. The van der Waals surface area contributed by atoms with E-state index in [1.54, 1.807) is 11.3 Å². The Balaban J connectivity index is 1.80. The van der Waals surface area contributed by atoms with Crippen molar-refractivity contribution < 1.29 is 9.84 Å². The van der Waals surface area contributed by atoms with Gasteiger partial charge in [-0.25, -0.2) is 0 Å². The summed E-state index contributed by atoms with van der Waals surface area (Å²) < 4.78 is 6.03. The van der Waals surface area contributed by atoms with E-state index in [1.165, 1.54) is 37.0 Å². The van der Waals surface area contributed by atoms with Crippen LogP contribution in [0.1, 0.15) is 49.5 Å². The normalized spacial score (nSPS) is 22.8. The molecule has 2 unspecified atom stereocenters. The first-order valence-corrected chi connectivity index (χ1v) is 7.98. The summed E-state index contributed by atoms with van der Waals surface area (Å²) in [6, 6.07) is 2.06. The molecule has 104 valence electrons. The number of hydrogen-bond acceptors (Lipinski definition) is 3. The maximum Gasteiger partial charge on any atom is 0.104 e. The zero-order chi connectivity index (χ0) is 13.5. The monoisotopic (exact) mass is 278 g/mol. The summed E-state index contributed by atoms with van der Waals surface area (Å²) in [5, 5.41) is 10.7. The van der Waals surface area contributed by atoms with Gasteiger partial charge in [0, 0.05) is 15.8 Å². The SMILES string of the molecule is CCC1CCCC(OCc2cc(C#CCO)cs2)C1. The van der Waals surface area contributed by atoms with Crippen LogP contribution in [0.5, 0.6) is 0 Å². The number of hydrogen-bond donors (Lipinski definition) is 1. The fraction of sp³-hybridized carbons (Fsp3) is 0.625. The summed E-state index contributed by atoms with van der Waals surface area (Å²) in [4.78, 5) is 1.22. The minimum absolute atomic E-state index is 0.0812. The molecule has 1 saturated carbocycles. The average Bonchev–Trinajstić information content (AvgIpc) is 2.91. The zero-order valence-electron chi connectivity index (χ0n) is 11.5. The van der Waals surface area contributed by atoms with Gasteiger partial charge in [0.2, 0.25) is 0 Å². The summed E-state index contributed by atoms with van der Waals surface area (Å²) in [6.07, 6.45) is 6.82. The third-order valence-electron chi connectivity index (χ3n) is 3.74. The van der Waals surface area contributed by atoms with E-state index in [0.717, 1.165) is 11.5 Å². The third-order valence-corrected chi connectivity index (χ3v) is 4.65. The molecule has 1 aliphatic carbocycles. The maximum absolute atomic E-state index is 8.66. The summed E-state index contributed by atoms with van der Waals surface area (Å²) in [6.45, 7) is 2.90. The van der Waals surface area contributed by atoms with Crippen molar-refractivity contribution >= 4 is 11.3 Å². The molecule has 1 aliphatic rings. The highest BCUT2D eigenvalue weighted by molar-refractivity contribution is 7.10. The molecule has 2 rings (SSSR count). The number of ether oxygens (including phenoxy) is 1. The van der Waals surface area contributed by atoms with Gasteiger partial charge in [-0.1, -0.05) is 38.0 Å². The van der Waals surface area contributed by atoms with Gasteiger partial charge in [-0.05, 0) is 24.8 Å². The summed E-state index contributed by atoms with van der Waals surface area (Å²) >= 11 is 1.69. The van der Waals surface area contributed by atoms with Crippen LogP contribution in [0.4, 0.5) is 0 Å². The molecule has 0 aromatic carbocycles. The second-order valence-electron chi connectivity index (χ2n) is 5.14. The van der Waals surface area contributed by atoms with Crippen LogP contribution in [0.2, 0.25) is 0 Å². The van der Waals surface area contributed by atoms with Gasteiger partial charge in [0.25, 0.3) is 0 Å². The van der Waals surface area contributed by atoms with Crippen LogP contribution in [0.25, 0.3) is 0 Å². The molecule has 1 heterocycles. The van der Waals surface area contributed by atoms with E-state index in [1.807, 2.05) is 5.38 Å². The number of aliphatic hydroxyl groups excluding tert-OH is 1. The number of aliphatic hydroxyl groups is 1. The van der Waals surface area contributed by atoms with E-state index >= 15 is 0 Å². The van der Waals surface area contributed by atoms with E-state index in [-0.39, 0.29) is 6.61 Å². The van der Waals surface area contributed by atoms with Gasteiger partial charge in [-0.3, -0.25) is 0 Å². The first kappa shape index (κ1) is 14.6. The largest absolute Gasteiger partial charge is 0.384 e. The molecule has 19 heavy (non-hydrogen) atoms.